The molecule has 2 fully saturated rings. The molecule has 19 heavy (non-hydrogen) atoms. The minimum Gasteiger partial charge on any atom is -0.336 e. The zero-order valence-corrected chi connectivity index (χ0v) is 13.4. The first kappa shape index (κ1) is 13.6. The van der Waals surface area contributed by atoms with E-state index >= 15 is 0 Å². The van der Waals surface area contributed by atoms with Gasteiger partial charge in [-0.25, -0.2) is 0 Å². The third-order valence-corrected chi connectivity index (χ3v) is 5.99. The van der Waals surface area contributed by atoms with Crippen LogP contribution in [0.15, 0.2) is 15.9 Å². The first-order chi connectivity index (χ1) is 9.25. The molecule has 0 bridgehead atoms. The van der Waals surface area contributed by atoms with Crippen LogP contribution >= 0.6 is 27.3 Å². The molecule has 0 aliphatic carbocycles. The molecule has 0 saturated carbocycles. The van der Waals surface area contributed by atoms with Crippen molar-refractivity contribution in [2.45, 2.75) is 31.7 Å². The second-order valence-corrected chi connectivity index (χ2v) is 7.16. The highest BCUT2D eigenvalue weighted by Crippen LogP contribution is 2.27. The molecule has 0 N–H and O–H groups in total. The van der Waals surface area contributed by atoms with Crippen LogP contribution in [0.1, 0.15) is 35.4 Å². The third-order valence-electron chi connectivity index (χ3n) is 4.17. The van der Waals surface area contributed by atoms with Gasteiger partial charge in [0.1, 0.15) is 4.88 Å². The smallest absolute Gasteiger partial charge is 0.265 e. The van der Waals surface area contributed by atoms with Gasteiger partial charge in [0.25, 0.3) is 5.91 Å². The first-order valence-electron chi connectivity index (χ1n) is 7.02. The van der Waals surface area contributed by atoms with Crippen LogP contribution in [0, 0.1) is 0 Å². The maximum absolute atomic E-state index is 12.4. The van der Waals surface area contributed by atoms with Gasteiger partial charge in [0.2, 0.25) is 0 Å². The molecule has 1 aromatic rings. The van der Waals surface area contributed by atoms with E-state index in [2.05, 4.69) is 20.8 Å². The number of likely N-dealkylation sites (tertiary alicyclic amines) is 2. The highest BCUT2D eigenvalue weighted by Gasteiger charge is 2.32. The van der Waals surface area contributed by atoms with E-state index in [-0.39, 0.29) is 5.91 Å². The Bertz CT molecular complexity index is 456. The molecule has 2 saturated heterocycles. The molecule has 1 aromatic heterocycles. The lowest BCUT2D eigenvalue weighted by atomic mass is 10.1. The van der Waals surface area contributed by atoms with Crippen molar-refractivity contribution >= 4 is 33.2 Å². The number of hydrogen-bond donors (Lipinski definition) is 0. The SMILES string of the molecule is O=C(c1sccc1Br)N1CCC(N2CCCCC2)C1. The van der Waals surface area contributed by atoms with E-state index in [1.165, 1.54) is 43.7 Å². The lowest BCUT2D eigenvalue weighted by Crippen LogP contribution is -2.41. The molecule has 104 valence electrons. The summed E-state index contributed by atoms with van der Waals surface area (Å²) in [5.74, 6) is 0.196. The molecular weight excluding hydrogens is 324 g/mol. The van der Waals surface area contributed by atoms with E-state index < -0.39 is 0 Å². The number of halogens is 1. The van der Waals surface area contributed by atoms with Crippen molar-refractivity contribution in [3.05, 3.63) is 20.8 Å². The van der Waals surface area contributed by atoms with Gasteiger partial charge in [-0.1, -0.05) is 6.42 Å². The summed E-state index contributed by atoms with van der Waals surface area (Å²) in [6.07, 6.45) is 5.14. The minimum absolute atomic E-state index is 0.196. The van der Waals surface area contributed by atoms with E-state index in [4.69, 9.17) is 0 Å². The van der Waals surface area contributed by atoms with Crippen molar-refractivity contribution in [3.63, 3.8) is 0 Å². The minimum atomic E-state index is 0.196. The number of piperidine rings is 1. The molecular formula is C14H19BrN2OS. The number of hydrogen-bond acceptors (Lipinski definition) is 3. The van der Waals surface area contributed by atoms with Gasteiger partial charge in [-0.05, 0) is 59.7 Å². The Morgan fingerprint density at radius 2 is 2.05 bits per heavy atom. The van der Waals surface area contributed by atoms with Gasteiger partial charge in [-0.2, -0.15) is 0 Å². The summed E-state index contributed by atoms with van der Waals surface area (Å²) in [5.41, 5.74) is 0. The standard InChI is InChI=1S/C14H19BrN2OS/c15-12-5-9-19-13(12)14(18)17-8-4-11(10-17)16-6-2-1-3-7-16/h5,9,11H,1-4,6-8,10H2. The Balaban J connectivity index is 1.62. The topological polar surface area (TPSA) is 23.6 Å². The predicted molar refractivity (Wildman–Crippen MR) is 81.8 cm³/mol. The van der Waals surface area contributed by atoms with Gasteiger partial charge in [-0.3, -0.25) is 9.69 Å². The quantitative estimate of drug-likeness (QED) is 0.823. The predicted octanol–water partition coefficient (Wildman–Crippen LogP) is 3.21. The van der Waals surface area contributed by atoms with Crippen LogP contribution < -0.4 is 0 Å². The second kappa shape index (κ2) is 5.94. The normalized spacial score (nSPS) is 24.9. The third kappa shape index (κ3) is 2.88. The molecule has 3 rings (SSSR count). The van der Waals surface area contributed by atoms with Gasteiger partial charge >= 0.3 is 0 Å². The average molecular weight is 343 g/mol. The Kier molecular flexibility index (Phi) is 4.24. The summed E-state index contributed by atoms with van der Waals surface area (Å²) in [6, 6.07) is 2.54. The van der Waals surface area contributed by atoms with Crippen molar-refractivity contribution in [1.82, 2.24) is 9.80 Å². The molecule has 0 spiro atoms. The number of amides is 1. The van der Waals surface area contributed by atoms with Crippen LogP contribution in [0.25, 0.3) is 0 Å². The number of carbonyl (C=O) groups is 1. The molecule has 0 radical (unpaired) electrons. The van der Waals surface area contributed by atoms with Crippen LogP contribution in [0.5, 0.6) is 0 Å². The van der Waals surface area contributed by atoms with Crippen LogP contribution in [-0.4, -0.2) is 47.9 Å². The van der Waals surface area contributed by atoms with E-state index in [0.717, 1.165) is 28.9 Å². The van der Waals surface area contributed by atoms with E-state index in [1.54, 1.807) is 0 Å². The van der Waals surface area contributed by atoms with Crippen LogP contribution in [0.2, 0.25) is 0 Å². The van der Waals surface area contributed by atoms with Gasteiger partial charge < -0.3 is 4.90 Å². The lowest BCUT2D eigenvalue weighted by Gasteiger charge is -2.32. The van der Waals surface area contributed by atoms with Crippen LogP contribution in [0.4, 0.5) is 0 Å². The average Bonchev–Trinajstić information content (AvgIpc) is 3.08. The molecule has 1 amide bonds. The highest BCUT2D eigenvalue weighted by atomic mass is 79.9. The summed E-state index contributed by atoms with van der Waals surface area (Å²) >= 11 is 4.99. The van der Waals surface area contributed by atoms with E-state index in [0.29, 0.717) is 6.04 Å². The van der Waals surface area contributed by atoms with Crippen LogP contribution in [-0.2, 0) is 0 Å². The Labute approximate surface area is 126 Å². The van der Waals surface area contributed by atoms with Crippen molar-refractivity contribution in [3.8, 4) is 0 Å². The largest absolute Gasteiger partial charge is 0.336 e. The van der Waals surface area contributed by atoms with Gasteiger partial charge in [0.15, 0.2) is 0 Å². The maximum Gasteiger partial charge on any atom is 0.265 e. The fraction of sp³-hybridized carbons (Fsp3) is 0.643. The van der Waals surface area contributed by atoms with Crippen molar-refractivity contribution < 1.29 is 4.79 Å². The zero-order valence-electron chi connectivity index (χ0n) is 11.0. The summed E-state index contributed by atoms with van der Waals surface area (Å²) in [6.45, 7) is 4.25. The van der Waals surface area contributed by atoms with Gasteiger partial charge in [0, 0.05) is 23.6 Å². The number of nitrogens with zero attached hydrogens (tertiary/aromatic N) is 2. The zero-order chi connectivity index (χ0) is 13.2. The van der Waals surface area contributed by atoms with E-state index in [9.17, 15) is 4.79 Å². The monoisotopic (exact) mass is 342 g/mol. The van der Waals surface area contributed by atoms with Crippen molar-refractivity contribution in [1.29, 1.82) is 0 Å². The molecule has 2 aliphatic rings. The van der Waals surface area contributed by atoms with Crippen LogP contribution in [0.3, 0.4) is 0 Å². The summed E-state index contributed by atoms with van der Waals surface area (Å²) in [5, 5.41) is 1.97. The fourth-order valence-electron chi connectivity index (χ4n) is 3.10. The molecule has 0 aromatic carbocycles. The molecule has 3 nitrogen and oxygen atoms in total. The van der Waals surface area contributed by atoms with Gasteiger partial charge in [-0.15, -0.1) is 11.3 Å². The molecule has 3 heterocycles. The summed E-state index contributed by atoms with van der Waals surface area (Å²) < 4.78 is 0.934. The number of thiophene rings is 1. The van der Waals surface area contributed by atoms with E-state index in [1.807, 2.05) is 16.3 Å². The first-order valence-corrected chi connectivity index (χ1v) is 8.69. The van der Waals surface area contributed by atoms with Crippen molar-refractivity contribution in [2.24, 2.45) is 0 Å². The summed E-state index contributed by atoms with van der Waals surface area (Å²) in [4.78, 5) is 17.9. The molecule has 2 aliphatic heterocycles. The Morgan fingerprint density at radius 3 is 2.74 bits per heavy atom. The Morgan fingerprint density at radius 1 is 1.26 bits per heavy atom. The number of carbonyl (C=O) groups excluding carboxylic acids is 1. The molecule has 5 heteroatoms. The Hall–Kier alpha value is -0.390. The maximum atomic E-state index is 12.4. The van der Waals surface area contributed by atoms with Gasteiger partial charge in [0.05, 0.1) is 0 Å². The number of rotatable bonds is 2. The molecule has 1 unspecified atom stereocenters. The molecule has 1 atom stereocenters. The van der Waals surface area contributed by atoms with Crippen molar-refractivity contribution in [2.75, 3.05) is 26.2 Å². The lowest BCUT2D eigenvalue weighted by molar-refractivity contribution is 0.0775. The second-order valence-electron chi connectivity index (χ2n) is 5.39. The fourth-order valence-corrected chi connectivity index (χ4v) is 4.61. The summed E-state index contributed by atoms with van der Waals surface area (Å²) in [7, 11) is 0. The highest BCUT2D eigenvalue weighted by molar-refractivity contribution is 9.10.